The van der Waals surface area contributed by atoms with Gasteiger partial charge in [-0.25, -0.2) is 0 Å². The van der Waals surface area contributed by atoms with Crippen LogP contribution >= 0.6 is 23.6 Å². The third-order valence-electron chi connectivity index (χ3n) is 3.23. The van der Waals surface area contributed by atoms with Crippen molar-refractivity contribution in [3.8, 4) is 11.5 Å². The lowest BCUT2D eigenvalue weighted by Gasteiger charge is -2.20. The van der Waals surface area contributed by atoms with Gasteiger partial charge in [0.25, 0.3) is 0 Å². The zero-order valence-corrected chi connectivity index (χ0v) is 13.3. The first kappa shape index (κ1) is 14.2. The second-order valence-corrected chi connectivity index (χ2v) is 6.00. The SMILES string of the molecule is CN(Cc1ccsc1)C(=S)NCc1ccc2c(c1)OCO2. The van der Waals surface area contributed by atoms with Crippen molar-refractivity contribution in [3.05, 3.63) is 46.2 Å². The lowest BCUT2D eigenvalue weighted by molar-refractivity contribution is 0.174. The third-order valence-corrected chi connectivity index (χ3v) is 4.42. The summed E-state index contributed by atoms with van der Waals surface area (Å²) in [6, 6.07) is 8.04. The molecule has 0 unspecified atom stereocenters. The van der Waals surface area contributed by atoms with E-state index in [0.717, 1.165) is 28.7 Å². The fraction of sp³-hybridized carbons (Fsp3) is 0.267. The number of rotatable bonds is 4. The highest BCUT2D eigenvalue weighted by molar-refractivity contribution is 7.80. The number of hydrogen-bond donors (Lipinski definition) is 1. The molecule has 1 aromatic heterocycles. The summed E-state index contributed by atoms with van der Waals surface area (Å²) >= 11 is 7.11. The van der Waals surface area contributed by atoms with Crippen LogP contribution in [0.5, 0.6) is 11.5 Å². The number of nitrogens with one attached hydrogen (secondary N) is 1. The summed E-state index contributed by atoms with van der Waals surface area (Å²) in [5.41, 5.74) is 2.39. The van der Waals surface area contributed by atoms with E-state index in [9.17, 15) is 0 Å². The molecular formula is C15H16N2O2S2. The van der Waals surface area contributed by atoms with Crippen LogP contribution in [0.15, 0.2) is 35.0 Å². The predicted octanol–water partition coefficient (Wildman–Crippen LogP) is 2.98. The maximum Gasteiger partial charge on any atom is 0.231 e. The highest BCUT2D eigenvalue weighted by Crippen LogP contribution is 2.32. The molecule has 3 rings (SSSR count). The standard InChI is InChI=1S/C15H16N2O2S2/c1-17(8-12-4-5-21-9-12)15(20)16-7-11-2-3-13-14(6-11)19-10-18-13/h2-6,9H,7-8,10H2,1H3,(H,16,20). The van der Waals surface area contributed by atoms with Crippen molar-refractivity contribution in [2.75, 3.05) is 13.8 Å². The molecule has 21 heavy (non-hydrogen) atoms. The van der Waals surface area contributed by atoms with Gasteiger partial charge in [0.15, 0.2) is 16.6 Å². The van der Waals surface area contributed by atoms with Crippen LogP contribution < -0.4 is 14.8 Å². The summed E-state index contributed by atoms with van der Waals surface area (Å²) in [6.07, 6.45) is 0. The van der Waals surface area contributed by atoms with Crippen LogP contribution in [0, 0.1) is 0 Å². The van der Waals surface area contributed by atoms with Gasteiger partial charge in [-0.2, -0.15) is 11.3 Å². The van der Waals surface area contributed by atoms with E-state index in [-0.39, 0.29) is 0 Å². The van der Waals surface area contributed by atoms with Gasteiger partial charge < -0.3 is 19.7 Å². The first-order chi connectivity index (χ1) is 10.2. The quantitative estimate of drug-likeness (QED) is 0.876. The molecule has 2 aromatic rings. The topological polar surface area (TPSA) is 33.7 Å². The minimum Gasteiger partial charge on any atom is -0.454 e. The average Bonchev–Trinajstić information content (AvgIpc) is 3.14. The van der Waals surface area contributed by atoms with Crippen molar-refractivity contribution in [3.63, 3.8) is 0 Å². The normalized spacial score (nSPS) is 12.2. The Balaban J connectivity index is 1.53. The Kier molecular flexibility index (Phi) is 4.26. The van der Waals surface area contributed by atoms with Gasteiger partial charge in [0, 0.05) is 20.1 Å². The molecule has 1 aromatic carbocycles. The Morgan fingerprint density at radius 2 is 2.14 bits per heavy atom. The van der Waals surface area contributed by atoms with Crippen molar-refractivity contribution >= 4 is 28.7 Å². The van der Waals surface area contributed by atoms with E-state index >= 15 is 0 Å². The summed E-state index contributed by atoms with van der Waals surface area (Å²) < 4.78 is 10.7. The van der Waals surface area contributed by atoms with E-state index in [1.165, 1.54) is 5.56 Å². The van der Waals surface area contributed by atoms with Crippen LogP contribution in [0.25, 0.3) is 0 Å². The van der Waals surface area contributed by atoms with Crippen LogP contribution in [0.3, 0.4) is 0 Å². The summed E-state index contributed by atoms with van der Waals surface area (Å²) in [5.74, 6) is 1.60. The number of benzene rings is 1. The second kappa shape index (κ2) is 6.32. The molecule has 0 atom stereocenters. The average molecular weight is 320 g/mol. The summed E-state index contributed by atoms with van der Waals surface area (Å²) in [4.78, 5) is 2.03. The summed E-state index contributed by atoms with van der Waals surface area (Å²) in [5, 5.41) is 8.21. The molecule has 0 aliphatic carbocycles. The molecule has 4 nitrogen and oxygen atoms in total. The Morgan fingerprint density at radius 3 is 2.95 bits per heavy atom. The van der Waals surface area contributed by atoms with Crippen molar-refractivity contribution in [2.45, 2.75) is 13.1 Å². The van der Waals surface area contributed by atoms with Crippen molar-refractivity contribution in [2.24, 2.45) is 0 Å². The molecule has 0 saturated carbocycles. The zero-order chi connectivity index (χ0) is 14.7. The molecule has 2 heterocycles. The van der Waals surface area contributed by atoms with Gasteiger partial charge in [-0.3, -0.25) is 0 Å². The van der Waals surface area contributed by atoms with E-state index < -0.39 is 0 Å². The fourth-order valence-electron chi connectivity index (χ4n) is 2.09. The molecule has 110 valence electrons. The van der Waals surface area contributed by atoms with Crippen molar-refractivity contribution < 1.29 is 9.47 Å². The molecule has 0 spiro atoms. The van der Waals surface area contributed by atoms with Gasteiger partial charge in [0.2, 0.25) is 6.79 Å². The smallest absolute Gasteiger partial charge is 0.231 e. The first-order valence-electron chi connectivity index (χ1n) is 6.61. The van der Waals surface area contributed by atoms with Gasteiger partial charge >= 0.3 is 0 Å². The lowest BCUT2D eigenvalue weighted by Crippen LogP contribution is -2.36. The van der Waals surface area contributed by atoms with Gasteiger partial charge in [-0.05, 0) is 52.3 Å². The van der Waals surface area contributed by atoms with Crippen molar-refractivity contribution in [1.29, 1.82) is 0 Å². The Labute approximate surface area is 133 Å². The van der Waals surface area contributed by atoms with Gasteiger partial charge in [-0.15, -0.1) is 0 Å². The second-order valence-electron chi connectivity index (χ2n) is 4.83. The molecule has 6 heteroatoms. The maximum absolute atomic E-state index is 5.41. The van der Waals surface area contributed by atoms with Gasteiger partial charge in [0.05, 0.1) is 0 Å². The van der Waals surface area contributed by atoms with Crippen LogP contribution in [0.1, 0.15) is 11.1 Å². The third kappa shape index (κ3) is 3.46. The minimum atomic E-state index is 0.300. The van der Waals surface area contributed by atoms with E-state index in [1.54, 1.807) is 11.3 Å². The number of ether oxygens (including phenoxy) is 2. The largest absolute Gasteiger partial charge is 0.454 e. The van der Waals surface area contributed by atoms with Crippen LogP contribution in [-0.2, 0) is 13.1 Å². The van der Waals surface area contributed by atoms with E-state index in [0.29, 0.717) is 13.3 Å². The Morgan fingerprint density at radius 1 is 1.29 bits per heavy atom. The fourth-order valence-corrected chi connectivity index (χ4v) is 2.89. The Hall–Kier alpha value is -1.79. The van der Waals surface area contributed by atoms with Crippen molar-refractivity contribution in [1.82, 2.24) is 10.2 Å². The van der Waals surface area contributed by atoms with Gasteiger partial charge in [-0.1, -0.05) is 6.07 Å². The van der Waals surface area contributed by atoms with Crippen LogP contribution in [0.2, 0.25) is 0 Å². The van der Waals surface area contributed by atoms with E-state index in [1.807, 2.05) is 30.1 Å². The molecule has 0 fully saturated rings. The number of fused-ring (bicyclic) bond motifs is 1. The van der Waals surface area contributed by atoms with Crippen LogP contribution in [-0.4, -0.2) is 23.9 Å². The predicted molar refractivity (Wildman–Crippen MR) is 87.8 cm³/mol. The highest BCUT2D eigenvalue weighted by atomic mass is 32.1. The molecule has 1 N–H and O–H groups in total. The molecule has 0 amide bonds. The molecule has 0 radical (unpaired) electrons. The number of hydrogen-bond acceptors (Lipinski definition) is 4. The lowest BCUT2D eigenvalue weighted by atomic mass is 10.2. The highest BCUT2D eigenvalue weighted by Gasteiger charge is 2.13. The molecule has 0 bridgehead atoms. The molecule has 0 saturated heterocycles. The zero-order valence-electron chi connectivity index (χ0n) is 11.7. The number of thiophene rings is 1. The summed E-state index contributed by atoms with van der Waals surface area (Å²) in [7, 11) is 1.99. The molecule has 1 aliphatic rings. The molecular weight excluding hydrogens is 304 g/mol. The first-order valence-corrected chi connectivity index (χ1v) is 7.96. The molecule has 1 aliphatic heterocycles. The Bertz CT molecular complexity index is 629. The summed E-state index contributed by atoms with van der Waals surface area (Å²) in [6.45, 7) is 1.79. The maximum atomic E-state index is 5.41. The van der Waals surface area contributed by atoms with E-state index in [2.05, 4.69) is 22.1 Å². The van der Waals surface area contributed by atoms with Crippen LogP contribution in [0.4, 0.5) is 0 Å². The number of thiocarbonyl (C=S) groups is 1. The van der Waals surface area contributed by atoms with Gasteiger partial charge in [0.1, 0.15) is 0 Å². The monoisotopic (exact) mass is 320 g/mol. The van der Waals surface area contributed by atoms with E-state index in [4.69, 9.17) is 21.7 Å². The minimum absolute atomic E-state index is 0.300. The number of nitrogens with zero attached hydrogens (tertiary/aromatic N) is 1.